The van der Waals surface area contributed by atoms with E-state index in [1.807, 2.05) is 13.8 Å². The van der Waals surface area contributed by atoms with Gasteiger partial charge in [0.2, 0.25) is 5.78 Å². The van der Waals surface area contributed by atoms with Crippen molar-refractivity contribution in [1.82, 2.24) is 0 Å². The van der Waals surface area contributed by atoms with Gasteiger partial charge in [0.15, 0.2) is 11.9 Å². The maximum absolute atomic E-state index is 11.7. The van der Waals surface area contributed by atoms with Gasteiger partial charge in [-0.15, -0.1) is 0 Å². The quantitative estimate of drug-likeness (QED) is 0.508. The first-order chi connectivity index (χ1) is 8.01. The van der Waals surface area contributed by atoms with Crippen LogP contribution in [0.25, 0.3) is 0 Å². The molecule has 17 heavy (non-hydrogen) atoms. The summed E-state index contributed by atoms with van der Waals surface area (Å²) in [6.07, 6.45) is 4.88. The fourth-order valence-electron chi connectivity index (χ4n) is 2.05. The molecule has 0 bridgehead atoms. The van der Waals surface area contributed by atoms with Crippen molar-refractivity contribution in [2.24, 2.45) is 0 Å². The predicted molar refractivity (Wildman–Crippen MR) is 64.5 cm³/mol. The summed E-state index contributed by atoms with van der Waals surface area (Å²) in [5, 5.41) is 0. The molecule has 0 radical (unpaired) electrons. The van der Waals surface area contributed by atoms with Crippen molar-refractivity contribution in [3.8, 4) is 0 Å². The molecule has 1 rings (SSSR count). The first-order valence-corrected chi connectivity index (χ1v) is 5.99. The van der Waals surface area contributed by atoms with Crippen molar-refractivity contribution in [3.05, 3.63) is 11.8 Å². The Morgan fingerprint density at radius 1 is 1.35 bits per heavy atom. The van der Waals surface area contributed by atoms with Crippen molar-refractivity contribution in [1.29, 1.82) is 0 Å². The van der Waals surface area contributed by atoms with Gasteiger partial charge in [-0.2, -0.15) is 0 Å². The molecular formula is C13H22O4. The molecule has 0 aromatic heterocycles. The van der Waals surface area contributed by atoms with Gasteiger partial charge in [-0.3, -0.25) is 4.79 Å². The zero-order valence-corrected chi connectivity index (χ0v) is 11.1. The molecule has 1 unspecified atom stereocenters. The summed E-state index contributed by atoms with van der Waals surface area (Å²) in [6.45, 7) is 3.67. The van der Waals surface area contributed by atoms with Gasteiger partial charge in [-0.1, -0.05) is 0 Å². The van der Waals surface area contributed by atoms with Crippen LogP contribution in [0.2, 0.25) is 0 Å². The summed E-state index contributed by atoms with van der Waals surface area (Å²) < 4.78 is 15.8. The minimum absolute atomic E-state index is 0.0741. The minimum atomic E-state index is -0.653. The Kier molecular flexibility index (Phi) is 5.15. The summed E-state index contributed by atoms with van der Waals surface area (Å²) in [6, 6.07) is 0. The van der Waals surface area contributed by atoms with E-state index in [0.717, 1.165) is 25.7 Å². The third-order valence-corrected chi connectivity index (χ3v) is 3.11. The van der Waals surface area contributed by atoms with Gasteiger partial charge in [0.05, 0.1) is 5.76 Å². The third kappa shape index (κ3) is 3.82. The molecule has 4 heteroatoms. The monoisotopic (exact) mass is 242 g/mol. The molecule has 98 valence electrons. The van der Waals surface area contributed by atoms with Crippen LogP contribution in [0.1, 0.15) is 39.5 Å². The lowest BCUT2D eigenvalue weighted by atomic mass is 9.94. The van der Waals surface area contributed by atoms with Gasteiger partial charge in [0.25, 0.3) is 0 Å². The molecule has 1 atom stereocenters. The van der Waals surface area contributed by atoms with Crippen LogP contribution in [-0.4, -0.2) is 31.9 Å². The Balaban J connectivity index is 2.25. The molecule has 0 aromatic carbocycles. The van der Waals surface area contributed by atoms with Crippen molar-refractivity contribution in [2.75, 3.05) is 14.2 Å². The normalized spacial score (nSPS) is 24.1. The molecule has 0 saturated heterocycles. The number of hydrogen-bond acceptors (Lipinski definition) is 4. The molecule has 0 aromatic rings. The molecular weight excluding hydrogens is 220 g/mol. The third-order valence-electron chi connectivity index (χ3n) is 3.11. The van der Waals surface area contributed by atoms with E-state index in [9.17, 15) is 4.79 Å². The second kappa shape index (κ2) is 6.17. The number of ketones is 1. The number of carbonyl (C=O) groups excluding carboxylic acids is 1. The smallest absolute Gasteiger partial charge is 0.202 e. The molecule has 0 spiro atoms. The van der Waals surface area contributed by atoms with E-state index < -0.39 is 5.60 Å². The molecule has 1 heterocycles. The number of carbonyl (C=O) groups is 1. The number of allylic oxidation sites excluding steroid dienone is 1. The first-order valence-electron chi connectivity index (χ1n) is 5.99. The highest BCUT2D eigenvalue weighted by Gasteiger charge is 2.37. The topological polar surface area (TPSA) is 44.8 Å². The van der Waals surface area contributed by atoms with Gasteiger partial charge in [-0.05, 0) is 39.5 Å². The molecule has 0 amide bonds. The van der Waals surface area contributed by atoms with Crippen LogP contribution in [0, 0.1) is 0 Å². The zero-order valence-electron chi connectivity index (χ0n) is 11.1. The van der Waals surface area contributed by atoms with Crippen molar-refractivity contribution < 1.29 is 19.0 Å². The van der Waals surface area contributed by atoms with Gasteiger partial charge in [0.1, 0.15) is 0 Å². The molecule has 0 saturated carbocycles. The van der Waals surface area contributed by atoms with Crippen LogP contribution in [0.3, 0.4) is 0 Å². The fourth-order valence-corrected chi connectivity index (χ4v) is 2.05. The summed E-state index contributed by atoms with van der Waals surface area (Å²) in [5.41, 5.74) is -0.653. The number of unbranched alkanes of at least 4 members (excludes halogenated alkanes) is 1. The lowest BCUT2D eigenvalue weighted by molar-refractivity contribution is -0.129. The van der Waals surface area contributed by atoms with Gasteiger partial charge >= 0.3 is 0 Å². The fraction of sp³-hybridized carbons (Fsp3) is 0.769. The summed E-state index contributed by atoms with van der Waals surface area (Å²) in [7, 11) is 3.26. The number of hydrogen-bond donors (Lipinski definition) is 0. The van der Waals surface area contributed by atoms with Gasteiger partial charge < -0.3 is 14.2 Å². The molecule has 1 aliphatic rings. The van der Waals surface area contributed by atoms with Crippen molar-refractivity contribution >= 4 is 5.78 Å². The van der Waals surface area contributed by atoms with E-state index in [1.165, 1.54) is 0 Å². The number of rotatable bonds is 7. The van der Waals surface area contributed by atoms with Crippen LogP contribution < -0.4 is 0 Å². The number of methoxy groups -OCH3 is 2. The van der Waals surface area contributed by atoms with Crippen molar-refractivity contribution in [2.45, 2.75) is 51.4 Å². The highest BCUT2D eigenvalue weighted by molar-refractivity contribution is 5.98. The molecule has 0 aliphatic carbocycles. The second-order valence-corrected chi connectivity index (χ2v) is 4.60. The predicted octanol–water partition coefficient (Wildman–Crippen LogP) is 2.43. The summed E-state index contributed by atoms with van der Waals surface area (Å²) in [5.74, 6) is 0.786. The summed E-state index contributed by atoms with van der Waals surface area (Å²) in [4.78, 5) is 11.7. The highest BCUT2D eigenvalue weighted by Crippen LogP contribution is 2.29. The SMILES string of the molecule is COC(CCCCC1(C)OC(C)=CC1=O)OC. The lowest BCUT2D eigenvalue weighted by Crippen LogP contribution is -2.32. The van der Waals surface area contributed by atoms with E-state index in [0.29, 0.717) is 5.76 Å². The molecule has 4 nitrogen and oxygen atoms in total. The van der Waals surface area contributed by atoms with E-state index in [2.05, 4.69) is 0 Å². The van der Waals surface area contributed by atoms with E-state index >= 15 is 0 Å². The first kappa shape index (κ1) is 14.2. The average Bonchev–Trinajstić information content (AvgIpc) is 2.53. The van der Waals surface area contributed by atoms with Crippen LogP contribution >= 0.6 is 0 Å². The second-order valence-electron chi connectivity index (χ2n) is 4.60. The van der Waals surface area contributed by atoms with Gasteiger partial charge in [-0.25, -0.2) is 0 Å². The van der Waals surface area contributed by atoms with Crippen LogP contribution in [0.5, 0.6) is 0 Å². The zero-order chi connectivity index (χ0) is 12.9. The summed E-state index contributed by atoms with van der Waals surface area (Å²) >= 11 is 0. The van der Waals surface area contributed by atoms with E-state index in [4.69, 9.17) is 14.2 Å². The maximum atomic E-state index is 11.7. The Morgan fingerprint density at radius 2 is 2.00 bits per heavy atom. The van der Waals surface area contributed by atoms with E-state index in [-0.39, 0.29) is 12.1 Å². The van der Waals surface area contributed by atoms with Crippen LogP contribution in [0.4, 0.5) is 0 Å². The molecule has 0 fully saturated rings. The Bertz CT molecular complexity index is 294. The average molecular weight is 242 g/mol. The lowest BCUT2D eigenvalue weighted by Gasteiger charge is -2.23. The minimum Gasteiger partial charge on any atom is -0.484 e. The van der Waals surface area contributed by atoms with Crippen molar-refractivity contribution in [3.63, 3.8) is 0 Å². The van der Waals surface area contributed by atoms with Gasteiger partial charge in [0, 0.05) is 20.3 Å². The Morgan fingerprint density at radius 3 is 2.47 bits per heavy atom. The standard InChI is InChI=1S/C13H22O4/c1-10-9-11(14)13(2,17-10)8-6-5-7-12(15-3)16-4/h9,12H,5-8H2,1-4H3. The Hall–Kier alpha value is -0.870. The largest absolute Gasteiger partial charge is 0.484 e. The number of ether oxygens (including phenoxy) is 3. The molecule has 1 aliphatic heterocycles. The maximum Gasteiger partial charge on any atom is 0.202 e. The Labute approximate surface area is 103 Å². The highest BCUT2D eigenvalue weighted by atomic mass is 16.7. The van der Waals surface area contributed by atoms with Crippen LogP contribution in [0.15, 0.2) is 11.8 Å². The van der Waals surface area contributed by atoms with Crippen LogP contribution in [-0.2, 0) is 19.0 Å². The van der Waals surface area contributed by atoms with E-state index in [1.54, 1.807) is 20.3 Å². The molecule has 0 N–H and O–H groups in total.